The van der Waals surface area contributed by atoms with Crippen molar-refractivity contribution in [2.75, 3.05) is 40.0 Å². The van der Waals surface area contributed by atoms with Gasteiger partial charge in [0.1, 0.15) is 17.4 Å². The summed E-state index contributed by atoms with van der Waals surface area (Å²) in [5.41, 5.74) is 0.830. The largest absolute Gasteiger partial charge is 0.494 e. The third-order valence-electron chi connectivity index (χ3n) is 4.42. The fourth-order valence-corrected chi connectivity index (χ4v) is 3.07. The standard InChI is InChI=1S/C20H26N2O3/c1-3-4-7-17(15-22-11-13-24-14-12-22)25-19-10-9-16-6-5-8-18(23-2)20(16)21-19/h3,5-6,8-10,17H,1,4,7,11-15H2,2H3/t17-/m0/s1. The second kappa shape index (κ2) is 8.83. The molecule has 0 bridgehead atoms. The fraction of sp³-hybridized carbons (Fsp3) is 0.450. The average molecular weight is 342 g/mol. The van der Waals surface area contributed by atoms with Gasteiger partial charge in [0, 0.05) is 31.1 Å². The number of allylic oxidation sites excluding steroid dienone is 1. The normalized spacial score (nSPS) is 16.5. The molecule has 3 rings (SSSR count). The Morgan fingerprint density at radius 3 is 2.88 bits per heavy atom. The van der Waals surface area contributed by atoms with Gasteiger partial charge in [-0.3, -0.25) is 4.90 Å². The highest BCUT2D eigenvalue weighted by Gasteiger charge is 2.18. The highest BCUT2D eigenvalue weighted by molar-refractivity contribution is 5.84. The summed E-state index contributed by atoms with van der Waals surface area (Å²) in [4.78, 5) is 7.06. The lowest BCUT2D eigenvalue weighted by molar-refractivity contribution is 0.0175. The summed E-state index contributed by atoms with van der Waals surface area (Å²) in [5, 5.41) is 1.04. The number of nitrogens with zero attached hydrogens (tertiary/aromatic N) is 2. The molecule has 1 fully saturated rings. The molecule has 1 atom stereocenters. The third kappa shape index (κ3) is 4.71. The number of hydrogen-bond donors (Lipinski definition) is 0. The van der Waals surface area contributed by atoms with Crippen molar-refractivity contribution in [2.24, 2.45) is 0 Å². The van der Waals surface area contributed by atoms with Crippen LogP contribution in [0.25, 0.3) is 10.9 Å². The number of morpholine rings is 1. The predicted octanol–water partition coefficient (Wildman–Crippen LogP) is 3.29. The van der Waals surface area contributed by atoms with Crippen LogP contribution in [-0.2, 0) is 4.74 Å². The van der Waals surface area contributed by atoms with Gasteiger partial charge in [-0.1, -0.05) is 18.2 Å². The molecular weight excluding hydrogens is 316 g/mol. The lowest BCUT2D eigenvalue weighted by Gasteiger charge is -2.30. The fourth-order valence-electron chi connectivity index (χ4n) is 3.07. The van der Waals surface area contributed by atoms with Crippen molar-refractivity contribution in [1.29, 1.82) is 0 Å². The third-order valence-corrected chi connectivity index (χ3v) is 4.42. The zero-order chi connectivity index (χ0) is 17.5. The van der Waals surface area contributed by atoms with Crippen LogP contribution in [0.4, 0.5) is 0 Å². The molecule has 1 aromatic heterocycles. The predicted molar refractivity (Wildman–Crippen MR) is 99.4 cm³/mol. The molecule has 0 spiro atoms. The van der Waals surface area contributed by atoms with E-state index in [1.165, 1.54) is 0 Å². The zero-order valence-electron chi connectivity index (χ0n) is 14.8. The van der Waals surface area contributed by atoms with E-state index in [1.54, 1.807) is 7.11 Å². The molecule has 1 aliphatic rings. The van der Waals surface area contributed by atoms with E-state index in [4.69, 9.17) is 14.2 Å². The van der Waals surface area contributed by atoms with Crippen LogP contribution in [-0.4, -0.2) is 55.9 Å². The van der Waals surface area contributed by atoms with Crippen LogP contribution >= 0.6 is 0 Å². The topological polar surface area (TPSA) is 43.8 Å². The van der Waals surface area contributed by atoms with Crippen LogP contribution in [0, 0.1) is 0 Å². The zero-order valence-corrected chi connectivity index (χ0v) is 14.8. The second-order valence-corrected chi connectivity index (χ2v) is 6.20. The number of fused-ring (bicyclic) bond motifs is 1. The maximum absolute atomic E-state index is 6.23. The number of pyridine rings is 1. The Bertz CT molecular complexity index is 698. The first-order chi connectivity index (χ1) is 12.3. The van der Waals surface area contributed by atoms with Gasteiger partial charge in [-0.05, 0) is 25.0 Å². The number of hydrogen-bond acceptors (Lipinski definition) is 5. The number of ether oxygens (including phenoxy) is 3. The Kier molecular flexibility index (Phi) is 6.25. The molecule has 1 aromatic carbocycles. The molecule has 0 radical (unpaired) electrons. The van der Waals surface area contributed by atoms with Gasteiger partial charge in [0.25, 0.3) is 0 Å². The van der Waals surface area contributed by atoms with Gasteiger partial charge >= 0.3 is 0 Å². The van der Waals surface area contributed by atoms with Crippen molar-refractivity contribution in [1.82, 2.24) is 9.88 Å². The van der Waals surface area contributed by atoms with Crippen molar-refractivity contribution < 1.29 is 14.2 Å². The lowest BCUT2D eigenvalue weighted by atomic mass is 10.1. The van der Waals surface area contributed by atoms with Gasteiger partial charge in [0.05, 0.1) is 20.3 Å². The van der Waals surface area contributed by atoms with Crippen LogP contribution in [0.1, 0.15) is 12.8 Å². The van der Waals surface area contributed by atoms with Crippen LogP contribution in [0.5, 0.6) is 11.6 Å². The first-order valence-electron chi connectivity index (χ1n) is 8.81. The molecule has 0 unspecified atom stereocenters. The summed E-state index contributed by atoms with van der Waals surface area (Å²) >= 11 is 0. The summed E-state index contributed by atoms with van der Waals surface area (Å²) in [5.74, 6) is 1.40. The van der Waals surface area contributed by atoms with E-state index in [0.717, 1.165) is 62.3 Å². The minimum atomic E-state index is 0.0794. The summed E-state index contributed by atoms with van der Waals surface area (Å²) in [6, 6.07) is 9.87. The van der Waals surface area contributed by atoms with Gasteiger partial charge < -0.3 is 14.2 Å². The number of para-hydroxylation sites is 1. The Morgan fingerprint density at radius 1 is 1.28 bits per heavy atom. The Hall–Kier alpha value is -2.11. The maximum atomic E-state index is 6.23. The summed E-state index contributed by atoms with van der Waals surface area (Å²) < 4.78 is 17.1. The molecule has 25 heavy (non-hydrogen) atoms. The first kappa shape index (κ1) is 17.7. The van der Waals surface area contributed by atoms with Gasteiger partial charge in [0.15, 0.2) is 0 Å². The molecule has 5 nitrogen and oxygen atoms in total. The minimum absolute atomic E-state index is 0.0794. The average Bonchev–Trinajstić information content (AvgIpc) is 2.66. The van der Waals surface area contributed by atoms with Gasteiger partial charge in [-0.15, -0.1) is 6.58 Å². The van der Waals surface area contributed by atoms with E-state index >= 15 is 0 Å². The number of benzene rings is 1. The Balaban J connectivity index is 1.75. The SMILES string of the molecule is C=CCC[C@@H](CN1CCOCC1)Oc1ccc2cccc(OC)c2n1. The monoisotopic (exact) mass is 342 g/mol. The van der Waals surface area contributed by atoms with Crippen LogP contribution in [0.3, 0.4) is 0 Å². The number of methoxy groups -OCH3 is 1. The van der Waals surface area contributed by atoms with E-state index in [0.29, 0.717) is 5.88 Å². The van der Waals surface area contributed by atoms with Crippen molar-refractivity contribution >= 4 is 10.9 Å². The first-order valence-corrected chi connectivity index (χ1v) is 8.81. The molecule has 2 aromatic rings. The van der Waals surface area contributed by atoms with Gasteiger partial charge in [0.2, 0.25) is 5.88 Å². The van der Waals surface area contributed by atoms with Crippen LogP contribution in [0.2, 0.25) is 0 Å². The Labute approximate surface area is 149 Å². The van der Waals surface area contributed by atoms with E-state index < -0.39 is 0 Å². The molecule has 134 valence electrons. The second-order valence-electron chi connectivity index (χ2n) is 6.20. The summed E-state index contributed by atoms with van der Waals surface area (Å²) in [6.45, 7) is 8.19. The quantitative estimate of drug-likeness (QED) is 0.689. The van der Waals surface area contributed by atoms with E-state index in [9.17, 15) is 0 Å². The van der Waals surface area contributed by atoms with Crippen molar-refractivity contribution in [3.05, 3.63) is 43.0 Å². The summed E-state index contributed by atoms with van der Waals surface area (Å²) in [7, 11) is 1.66. The van der Waals surface area contributed by atoms with E-state index in [2.05, 4.69) is 16.5 Å². The number of rotatable bonds is 8. The smallest absolute Gasteiger partial charge is 0.214 e. The maximum Gasteiger partial charge on any atom is 0.214 e. The molecule has 1 aliphatic heterocycles. The minimum Gasteiger partial charge on any atom is -0.494 e. The highest BCUT2D eigenvalue weighted by Crippen LogP contribution is 2.26. The van der Waals surface area contributed by atoms with Crippen molar-refractivity contribution in [2.45, 2.75) is 18.9 Å². The molecule has 1 saturated heterocycles. The molecule has 0 N–H and O–H groups in total. The van der Waals surface area contributed by atoms with E-state index in [-0.39, 0.29) is 6.10 Å². The lowest BCUT2D eigenvalue weighted by Crippen LogP contribution is -2.42. The van der Waals surface area contributed by atoms with Gasteiger partial charge in [-0.2, -0.15) is 0 Å². The van der Waals surface area contributed by atoms with Crippen LogP contribution in [0.15, 0.2) is 43.0 Å². The van der Waals surface area contributed by atoms with Crippen molar-refractivity contribution in [3.63, 3.8) is 0 Å². The van der Waals surface area contributed by atoms with E-state index in [1.807, 2.05) is 36.4 Å². The Morgan fingerprint density at radius 2 is 2.12 bits per heavy atom. The summed E-state index contributed by atoms with van der Waals surface area (Å²) in [6.07, 6.45) is 3.86. The molecule has 0 aliphatic carbocycles. The van der Waals surface area contributed by atoms with Gasteiger partial charge in [-0.25, -0.2) is 4.98 Å². The molecule has 5 heteroatoms. The molecule has 0 saturated carbocycles. The number of aromatic nitrogens is 1. The molecule has 2 heterocycles. The molecule has 0 amide bonds. The molecular formula is C20H26N2O3. The highest BCUT2D eigenvalue weighted by atomic mass is 16.5. The van der Waals surface area contributed by atoms with Crippen molar-refractivity contribution in [3.8, 4) is 11.6 Å². The van der Waals surface area contributed by atoms with Crippen LogP contribution < -0.4 is 9.47 Å².